The number of nitrogen functional groups attached to an aromatic ring is 1. The van der Waals surface area contributed by atoms with Gasteiger partial charge in [-0.15, -0.1) is 0 Å². The van der Waals surface area contributed by atoms with Gasteiger partial charge in [0.15, 0.2) is 5.82 Å². The molecule has 6 nitrogen and oxygen atoms in total. The fourth-order valence-electron chi connectivity index (χ4n) is 1.22. The lowest BCUT2D eigenvalue weighted by Crippen LogP contribution is -1.94. The van der Waals surface area contributed by atoms with Crippen molar-refractivity contribution in [2.45, 2.75) is 31.3 Å². The quantitative estimate of drug-likeness (QED) is 0.847. The van der Waals surface area contributed by atoms with Gasteiger partial charge in [0.1, 0.15) is 11.4 Å². The summed E-state index contributed by atoms with van der Waals surface area (Å²) < 4.78 is 5.14. The third-order valence-electron chi connectivity index (χ3n) is 2.44. The number of H-pyrrole nitrogens is 1. The highest BCUT2D eigenvalue weighted by Gasteiger charge is 2.13. The predicted molar refractivity (Wildman–Crippen MR) is 67.3 cm³/mol. The van der Waals surface area contributed by atoms with Crippen LogP contribution in [0.3, 0.4) is 0 Å². The van der Waals surface area contributed by atoms with Crippen LogP contribution in [0.25, 0.3) is 11.5 Å². The predicted octanol–water partition coefficient (Wildman–Crippen LogP) is 2.07. The highest BCUT2D eigenvalue weighted by atomic mass is 32.2. The van der Waals surface area contributed by atoms with Crippen LogP contribution in [-0.2, 0) is 5.75 Å². The maximum absolute atomic E-state index is 5.67. The second-order valence-electron chi connectivity index (χ2n) is 3.74. The van der Waals surface area contributed by atoms with E-state index >= 15 is 0 Å². The lowest BCUT2D eigenvalue weighted by atomic mass is 10.3. The number of anilines is 1. The third kappa shape index (κ3) is 2.79. The molecule has 1 unspecified atom stereocenters. The number of rotatable bonds is 5. The van der Waals surface area contributed by atoms with Gasteiger partial charge in [-0.3, -0.25) is 5.10 Å². The first-order chi connectivity index (χ1) is 8.20. The zero-order chi connectivity index (χ0) is 12.3. The van der Waals surface area contributed by atoms with Gasteiger partial charge in [0.05, 0.1) is 11.9 Å². The van der Waals surface area contributed by atoms with E-state index in [-0.39, 0.29) is 0 Å². The van der Waals surface area contributed by atoms with E-state index in [1.165, 1.54) is 0 Å². The van der Waals surface area contributed by atoms with Gasteiger partial charge in [-0.05, 0) is 6.42 Å². The highest BCUT2D eigenvalue weighted by Crippen LogP contribution is 2.23. The molecule has 0 spiro atoms. The van der Waals surface area contributed by atoms with Crippen LogP contribution < -0.4 is 5.73 Å². The minimum atomic E-state index is 0.413. The molecule has 2 heterocycles. The minimum absolute atomic E-state index is 0.413. The molecule has 1 atom stereocenters. The van der Waals surface area contributed by atoms with E-state index in [9.17, 15) is 0 Å². The van der Waals surface area contributed by atoms with Crippen molar-refractivity contribution < 1.29 is 4.52 Å². The summed E-state index contributed by atoms with van der Waals surface area (Å²) in [5.41, 5.74) is 6.32. The van der Waals surface area contributed by atoms with Crippen molar-refractivity contribution in [3.8, 4) is 11.5 Å². The first-order valence-electron chi connectivity index (χ1n) is 5.44. The molecule has 0 aliphatic rings. The largest absolute Gasteiger partial charge is 0.383 e. The van der Waals surface area contributed by atoms with Gasteiger partial charge in [0.25, 0.3) is 5.89 Å². The van der Waals surface area contributed by atoms with Crippen molar-refractivity contribution in [3.05, 3.63) is 12.0 Å². The molecule has 0 saturated heterocycles. The number of hydrogen-bond acceptors (Lipinski definition) is 6. The molecule has 0 aliphatic heterocycles. The van der Waals surface area contributed by atoms with Crippen molar-refractivity contribution in [2.24, 2.45) is 0 Å². The molecule has 0 amide bonds. The molecule has 17 heavy (non-hydrogen) atoms. The van der Waals surface area contributed by atoms with Crippen molar-refractivity contribution in [3.63, 3.8) is 0 Å². The van der Waals surface area contributed by atoms with Gasteiger partial charge in [0, 0.05) is 5.25 Å². The van der Waals surface area contributed by atoms with E-state index in [0.29, 0.717) is 28.3 Å². The zero-order valence-corrected chi connectivity index (χ0v) is 10.6. The topological polar surface area (TPSA) is 93.6 Å². The average Bonchev–Trinajstić information content (AvgIpc) is 2.94. The summed E-state index contributed by atoms with van der Waals surface area (Å²) >= 11 is 1.80. The van der Waals surface area contributed by atoms with Crippen molar-refractivity contribution in [1.82, 2.24) is 20.3 Å². The number of thioether (sulfide) groups is 1. The molecule has 0 fully saturated rings. The normalized spacial score (nSPS) is 12.8. The number of hydrogen-bond donors (Lipinski definition) is 2. The third-order valence-corrected chi connectivity index (χ3v) is 3.77. The van der Waals surface area contributed by atoms with Crippen molar-refractivity contribution >= 4 is 17.6 Å². The summed E-state index contributed by atoms with van der Waals surface area (Å²) in [6.07, 6.45) is 2.71. The molecule has 0 saturated carbocycles. The second-order valence-corrected chi connectivity index (χ2v) is 5.17. The number of aromatic nitrogens is 4. The average molecular weight is 253 g/mol. The maximum Gasteiger partial charge on any atom is 0.263 e. The second kappa shape index (κ2) is 5.22. The van der Waals surface area contributed by atoms with Crippen LogP contribution in [0.4, 0.5) is 5.82 Å². The van der Waals surface area contributed by atoms with Crippen molar-refractivity contribution in [2.75, 3.05) is 5.73 Å². The van der Waals surface area contributed by atoms with E-state index in [1.54, 1.807) is 18.0 Å². The Morgan fingerprint density at radius 2 is 2.41 bits per heavy atom. The van der Waals surface area contributed by atoms with E-state index < -0.39 is 0 Å². The molecular formula is C10H15N5OS. The lowest BCUT2D eigenvalue weighted by molar-refractivity contribution is 0.425. The van der Waals surface area contributed by atoms with E-state index in [0.717, 1.165) is 12.2 Å². The molecule has 3 N–H and O–H groups in total. The molecule has 2 rings (SSSR count). The smallest absolute Gasteiger partial charge is 0.263 e. The summed E-state index contributed by atoms with van der Waals surface area (Å²) in [5.74, 6) is 2.28. The Morgan fingerprint density at radius 1 is 1.59 bits per heavy atom. The van der Waals surface area contributed by atoms with Crippen LogP contribution >= 0.6 is 11.8 Å². The number of nitrogens with one attached hydrogen (secondary N) is 1. The van der Waals surface area contributed by atoms with Crippen LogP contribution in [0, 0.1) is 0 Å². The van der Waals surface area contributed by atoms with Crippen LogP contribution in [0.2, 0.25) is 0 Å². The fraction of sp³-hybridized carbons (Fsp3) is 0.500. The summed E-state index contributed by atoms with van der Waals surface area (Å²) in [6.45, 7) is 4.34. The summed E-state index contributed by atoms with van der Waals surface area (Å²) in [7, 11) is 0. The van der Waals surface area contributed by atoms with Gasteiger partial charge in [-0.25, -0.2) is 0 Å². The summed E-state index contributed by atoms with van der Waals surface area (Å²) in [6, 6.07) is 0. The van der Waals surface area contributed by atoms with Gasteiger partial charge >= 0.3 is 0 Å². The standard InChI is InChI=1S/C10H15N5OS/c1-3-6(2)17-5-8-13-10(16-15-8)7-4-12-14-9(7)11/h4,6H,3,5H2,1-2H3,(H3,11,12,14). The van der Waals surface area contributed by atoms with E-state index in [4.69, 9.17) is 10.3 Å². The zero-order valence-electron chi connectivity index (χ0n) is 9.80. The Kier molecular flexibility index (Phi) is 3.68. The maximum atomic E-state index is 5.67. The SMILES string of the molecule is CCC(C)SCc1noc(-c2cn[nH]c2N)n1. The van der Waals surface area contributed by atoms with Crippen LogP contribution in [0.15, 0.2) is 10.7 Å². The Bertz CT molecular complexity index is 481. The number of nitrogens with zero attached hydrogens (tertiary/aromatic N) is 3. The van der Waals surface area contributed by atoms with E-state index in [1.807, 2.05) is 0 Å². The van der Waals surface area contributed by atoms with Gasteiger partial charge in [-0.2, -0.15) is 21.8 Å². The Hall–Kier alpha value is -1.50. The molecule has 0 aromatic carbocycles. The highest BCUT2D eigenvalue weighted by molar-refractivity contribution is 7.99. The monoisotopic (exact) mass is 253 g/mol. The van der Waals surface area contributed by atoms with Gasteiger partial charge in [0.2, 0.25) is 0 Å². The van der Waals surface area contributed by atoms with Crippen LogP contribution in [0.1, 0.15) is 26.1 Å². The molecule has 7 heteroatoms. The summed E-state index contributed by atoms with van der Waals surface area (Å²) in [4.78, 5) is 4.28. The van der Waals surface area contributed by atoms with Crippen LogP contribution in [0.5, 0.6) is 0 Å². The number of nitrogens with two attached hydrogens (primary N) is 1. The van der Waals surface area contributed by atoms with Crippen LogP contribution in [-0.4, -0.2) is 25.6 Å². The number of aromatic amines is 1. The Balaban J connectivity index is 2.04. The Labute approximate surface area is 103 Å². The lowest BCUT2D eigenvalue weighted by Gasteiger charge is -2.04. The fourth-order valence-corrected chi connectivity index (χ4v) is 2.01. The molecule has 2 aromatic heterocycles. The van der Waals surface area contributed by atoms with Gasteiger partial charge in [-0.1, -0.05) is 19.0 Å². The minimum Gasteiger partial charge on any atom is -0.383 e. The first kappa shape index (κ1) is 12.0. The first-order valence-corrected chi connectivity index (χ1v) is 6.49. The summed E-state index contributed by atoms with van der Waals surface area (Å²) in [5, 5.41) is 11.0. The molecule has 92 valence electrons. The molecule has 0 radical (unpaired) electrons. The molecular weight excluding hydrogens is 238 g/mol. The molecule has 0 aliphatic carbocycles. The Morgan fingerprint density at radius 3 is 3.06 bits per heavy atom. The van der Waals surface area contributed by atoms with Crippen molar-refractivity contribution in [1.29, 1.82) is 0 Å². The molecule has 0 bridgehead atoms. The van der Waals surface area contributed by atoms with Gasteiger partial charge < -0.3 is 10.3 Å². The van der Waals surface area contributed by atoms with E-state index in [2.05, 4.69) is 34.2 Å². The molecule has 2 aromatic rings.